The molecule has 0 aliphatic rings. The average Bonchev–Trinajstić information content (AvgIpc) is 2.97. The van der Waals surface area contributed by atoms with Crippen molar-refractivity contribution in [3.63, 3.8) is 0 Å². The van der Waals surface area contributed by atoms with Gasteiger partial charge in [0.05, 0.1) is 17.8 Å². The van der Waals surface area contributed by atoms with E-state index in [1.807, 2.05) is 36.4 Å². The third kappa shape index (κ3) is 3.43. The molecule has 2 nitrogen and oxygen atoms in total. The van der Waals surface area contributed by atoms with Crippen LogP contribution in [-0.4, -0.2) is 12.1 Å². The number of hydrogen-bond donors (Lipinski definition) is 0. The van der Waals surface area contributed by atoms with Crippen LogP contribution < -0.4 is 4.74 Å². The van der Waals surface area contributed by atoms with Gasteiger partial charge in [0.15, 0.2) is 0 Å². The Kier molecular flexibility index (Phi) is 4.23. The second-order valence-corrected chi connectivity index (χ2v) is 6.04. The molecule has 0 radical (unpaired) electrons. The first-order valence-corrected chi connectivity index (χ1v) is 7.83. The van der Waals surface area contributed by atoms with Gasteiger partial charge >= 0.3 is 0 Å². The zero-order chi connectivity index (χ0) is 14.7. The molecule has 0 aliphatic heterocycles. The fraction of sp³-hybridized carbons (Fsp3) is 0.118. The van der Waals surface area contributed by atoms with E-state index >= 15 is 0 Å². The van der Waals surface area contributed by atoms with Crippen molar-refractivity contribution in [3.05, 3.63) is 69.5 Å². The number of benzene rings is 2. The van der Waals surface area contributed by atoms with Gasteiger partial charge < -0.3 is 4.74 Å². The van der Waals surface area contributed by atoms with E-state index in [0.717, 1.165) is 33.5 Å². The summed E-state index contributed by atoms with van der Waals surface area (Å²) in [4.78, 5) is 4.69. The van der Waals surface area contributed by atoms with Gasteiger partial charge in [-0.1, -0.05) is 35.9 Å². The van der Waals surface area contributed by atoms with Crippen LogP contribution in [0.5, 0.6) is 5.75 Å². The molecule has 0 bridgehead atoms. The van der Waals surface area contributed by atoms with E-state index in [-0.39, 0.29) is 0 Å². The topological polar surface area (TPSA) is 22.1 Å². The number of ether oxygens (including phenoxy) is 1. The highest BCUT2D eigenvalue weighted by Crippen LogP contribution is 2.25. The molecule has 106 valence electrons. The number of thiazole rings is 1. The monoisotopic (exact) mass is 315 g/mol. The normalized spacial score (nSPS) is 10.6. The SMILES string of the molecule is COc1ccc(Cc2nc(-c3ccc(Cl)cc3)cs2)cc1. The van der Waals surface area contributed by atoms with E-state index in [4.69, 9.17) is 21.3 Å². The van der Waals surface area contributed by atoms with Crippen molar-refractivity contribution in [3.8, 4) is 17.0 Å². The highest BCUT2D eigenvalue weighted by molar-refractivity contribution is 7.10. The van der Waals surface area contributed by atoms with Crippen LogP contribution in [-0.2, 0) is 6.42 Å². The summed E-state index contributed by atoms with van der Waals surface area (Å²) in [6, 6.07) is 15.9. The van der Waals surface area contributed by atoms with Crippen LogP contribution >= 0.6 is 22.9 Å². The highest BCUT2D eigenvalue weighted by atomic mass is 35.5. The van der Waals surface area contributed by atoms with E-state index < -0.39 is 0 Å². The Morgan fingerprint density at radius 2 is 1.76 bits per heavy atom. The Bertz CT molecular complexity index is 719. The largest absolute Gasteiger partial charge is 0.497 e. The van der Waals surface area contributed by atoms with Gasteiger partial charge in [0.25, 0.3) is 0 Å². The van der Waals surface area contributed by atoms with Crippen molar-refractivity contribution in [1.29, 1.82) is 0 Å². The van der Waals surface area contributed by atoms with Gasteiger partial charge in [-0.05, 0) is 29.8 Å². The summed E-state index contributed by atoms with van der Waals surface area (Å²) in [7, 11) is 1.67. The molecule has 2 aromatic carbocycles. The Hall–Kier alpha value is -1.84. The minimum absolute atomic E-state index is 0.743. The lowest BCUT2D eigenvalue weighted by Crippen LogP contribution is -1.88. The predicted octanol–water partition coefficient (Wildman–Crippen LogP) is 5.06. The zero-order valence-corrected chi connectivity index (χ0v) is 13.1. The molecule has 0 saturated heterocycles. The Morgan fingerprint density at radius 1 is 1.05 bits per heavy atom. The molecular formula is C17H14ClNOS. The molecule has 0 unspecified atom stereocenters. The Labute approximate surface area is 133 Å². The second kappa shape index (κ2) is 6.29. The van der Waals surface area contributed by atoms with Gasteiger partial charge in [-0.3, -0.25) is 0 Å². The van der Waals surface area contributed by atoms with Crippen LogP contribution in [0.3, 0.4) is 0 Å². The van der Waals surface area contributed by atoms with Crippen LogP contribution in [0, 0.1) is 0 Å². The lowest BCUT2D eigenvalue weighted by atomic mass is 10.1. The molecule has 0 fully saturated rings. The lowest BCUT2D eigenvalue weighted by molar-refractivity contribution is 0.414. The molecule has 1 heterocycles. The minimum Gasteiger partial charge on any atom is -0.497 e. The van der Waals surface area contributed by atoms with Gasteiger partial charge in [-0.15, -0.1) is 11.3 Å². The molecule has 3 aromatic rings. The standard InChI is InChI=1S/C17H14ClNOS/c1-20-15-8-2-12(3-9-15)10-17-19-16(11-21-17)13-4-6-14(18)7-5-13/h2-9,11H,10H2,1H3. The molecule has 1 aromatic heterocycles. The van der Waals surface area contributed by atoms with Crippen molar-refractivity contribution in [2.75, 3.05) is 7.11 Å². The maximum absolute atomic E-state index is 5.91. The number of nitrogens with zero attached hydrogens (tertiary/aromatic N) is 1. The van der Waals surface area contributed by atoms with Gasteiger partial charge in [-0.25, -0.2) is 4.98 Å². The first-order valence-electron chi connectivity index (χ1n) is 6.58. The van der Waals surface area contributed by atoms with Crippen molar-refractivity contribution >= 4 is 22.9 Å². The van der Waals surface area contributed by atoms with Crippen molar-refractivity contribution in [1.82, 2.24) is 4.98 Å². The third-order valence-corrected chi connectivity index (χ3v) is 4.31. The number of aromatic nitrogens is 1. The average molecular weight is 316 g/mol. The summed E-state index contributed by atoms with van der Waals surface area (Å²) in [6.45, 7) is 0. The zero-order valence-electron chi connectivity index (χ0n) is 11.5. The van der Waals surface area contributed by atoms with E-state index in [1.54, 1.807) is 18.4 Å². The predicted molar refractivity (Wildman–Crippen MR) is 88.4 cm³/mol. The fourth-order valence-electron chi connectivity index (χ4n) is 2.06. The first-order chi connectivity index (χ1) is 10.2. The number of halogens is 1. The highest BCUT2D eigenvalue weighted by Gasteiger charge is 2.06. The molecule has 0 saturated carbocycles. The molecule has 0 aliphatic carbocycles. The lowest BCUT2D eigenvalue weighted by Gasteiger charge is -2.01. The van der Waals surface area contributed by atoms with Gasteiger partial charge in [0, 0.05) is 22.4 Å². The number of rotatable bonds is 4. The van der Waals surface area contributed by atoms with E-state index in [1.165, 1.54) is 5.56 Å². The maximum atomic E-state index is 5.91. The fourth-order valence-corrected chi connectivity index (χ4v) is 3.03. The third-order valence-electron chi connectivity index (χ3n) is 3.21. The molecule has 3 rings (SSSR count). The summed E-state index contributed by atoms with van der Waals surface area (Å²) in [5.41, 5.74) is 3.32. The van der Waals surface area contributed by atoms with Gasteiger partial charge in [0.2, 0.25) is 0 Å². The summed E-state index contributed by atoms with van der Waals surface area (Å²) >= 11 is 7.59. The molecular weight excluding hydrogens is 302 g/mol. The van der Waals surface area contributed by atoms with Crippen LogP contribution in [0.15, 0.2) is 53.9 Å². The van der Waals surface area contributed by atoms with Crippen LogP contribution in [0.2, 0.25) is 5.02 Å². The second-order valence-electron chi connectivity index (χ2n) is 4.66. The van der Waals surface area contributed by atoms with E-state index in [0.29, 0.717) is 0 Å². The molecule has 0 atom stereocenters. The molecule has 21 heavy (non-hydrogen) atoms. The number of methoxy groups -OCH3 is 1. The molecule has 0 amide bonds. The minimum atomic E-state index is 0.743. The van der Waals surface area contributed by atoms with Crippen molar-refractivity contribution in [2.24, 2.45) is 0 Å². The van der Waals surface area contributed by atoms with Crippen molar-refractivity contribution in [2.45, 2.75) is 6.42 Å². The molecule has 4 heteroatoms. The maximum Gasteiger partial charge on any atom is 0.118 e. The van der Waals surface area contributed by atoms with Gasteiger partial charge in [0.1, 0.15) is 5.75 Å². The number of hydrogen-bond acceptors (Lipinski definition) is 3. The van der Waals surface area contributed by atoms with Crippen LogP contribution in [0.1, 0.15) is 10.6 Å². The summed E-state index contributed by atoms with van der Waals surface area (Å²) < 4.78 is 5.17. The van der Waals surface area contributed by atoms with E-state index in [2.05, 4.69) is 17.5 Å². The molecule has 0 spiro atoms. The quantitative estimate of drug-likeness (QED) is 0.671. The summed E-state index contributed by atoms with van der Waals surface area (Å²) in [5, 5.41) is 3.93. The molecule has 0 N–H and O–H groups in total. The smallest absolute Gasteiger partial charge is 0.118 e. The van der Waals surface area contributed by atoms with E-state index in [9.17, 15) is 0 Å². The van der Waals surface area contributed by atoms with Crippen LogP contribution in [0.25, 0.3) is 11.3 Å². The van der Waals surface area contributed by atoms with Gasteiger partial charge in [-0.2, -0.15) is 0 Å². The van der Waals surface area contributed by atoms with Crippen molar-refractivity contribution < 1.29 is 4.74 Å². The first kappa shape index (κ1) is 14.1. The Morgan fingerprint density at radius 3 is 2.43 bits per heavy atom. The Balaban J connectivity index is 1.76. The summed E-state index contributed by atoms with van der Waals surface area (Å²) in [5.74, 6) is 0.875. The van der Waals surface area contributed by atoms with Crippen LogP contribution in [0.4, 0.5) is 0 Å². The summed E-state index contributed by atoms with van der Waals surface area (Å²) in [6.07, 6.45) is 0.836.